The van der Waals surface area contributed by atoms with Crippen molar-refractivity contribution in [1.82, 2.24) is 17.9 Å². The summed E-state index contributed by atoms with van der Waals surface area (Å²) in [5.74, 6) is 0.249. The summed E-state index contributed by atoms with van der Waals surface area (Å²) in [6, 6.07) is 10.7. The van der Waals surface area contributed by atoms with Crippen LogP contribution in [0.15, 0.2) is 71.1 Å². The van der Waals surface area contributed by atoms with Crippen molar-refractivity contribution >= 4 is 210 Å². The number of halogens is 4. The zero-order valence-corrected chi connectivity index (χ0v) is 90.8. The highest BCUT2D eigenvalue weighted by atomic mass is 35.5. The second-order valence-electron chi connectivity index (χ2n) is 39.8. The summed E-state index contributed by atoms with van der Waals surface area (Å²) in [5.41, 5.74) is 12.3. The van der Waals surface area contributed by atoms with E-state index in [1.54, 1.807) is 24.3 Å². The van der Waals surface area contributed by atoms with Gasteiger partial charge in [0, 0.05) is 67.0 Å². The first-order valence-corrected chi connectivity index (χ1v) is 59.7. The summed E-state index contributed by atoms with van der Waals surface area (Å²) in [6.45, 7) is 32.1. The van der Waals surface area contributed by atoms with E-state index < -0.39 is 0 Å². The quantitative estimate of drug-likeness (QED) is 0.0162. The first kappa shape index (κ1) is 109. The Kier molecular flexibility index (Phi) is 46.8. The largest absolute Gasteiger partial charge is 0.337 e. The van der Waals surface area contributed by atoms with Crippen LogP contribution in [0.2, 0.25) is 20.1 Å². The third-order valence-electron chi connectivity index (χ3n) is 29.4. The molecule has 2 atom stereocenters. The number of thiophene rings is 4. The molecule has 10 aromatic rings. The number of unbranched alkanes of at least 4 members (excludes halogenated alkanes) is 48. The molecule has 0 spiro atoms. The molecule has 0 amide bonds. The smallest absolute Gasteiger partial charge is 0.270 e. The first-order chi connectivity index (χ1) is 67.2. The monoisotopic (exact) mass is 2010 g/mol. The highest BCUT2D eigenvalue weighted by molar-refractivity contribution is 7.34. The number of nitrogens with zero attached hydrogens (tertiary/aromatic N) is 8. The molecule has 19 heteroatoms. The van der Waals surface area contributed by atoms with Crippen LogP contribution in [-0.2, 0) is 25.9 Å². The van der Waals surface area contributed by atoms with E-state index in [1.807, 2.05) is 69.7 Å². The fourth-order valence-electron chi connectivity index (χ4n) is 21.7. The highest BCUT2D eigenvalue weighted by Gasteiger charge is 2.37. The van der Waals surface area contributed by atoms with Crippen molar-refractivity contribution in [3.63, 3.8) is 0 Å². The molecule has 2 unspecified atom stereocenters. The average Bonchev–Trinajstić information content (AvgIpc) is 1.50. The maximum atomic E-state index is 14.8. The van der Waals surface area contributed by atoms with Crippen LogP contribution in [0.3, 0.4) is 0 Å². The molecule has 3 aromatic carbocycles. The standard InChI is InChI=1S/C118H154Cl4N8O2S5/c1-9-15-21-27-33-39-43-47-53-59-67-83(65-57-51-45-37-31-25-19-13-5)81-129-107-103(115-109(129)117-113(135-115)85(69-61-55-49-41-35-29-23-17-11-3)99(133-117)73-63-71-87-101(97(79-123)125-7)89-75-93(119)95(121)77-91(89)111(87)131)105-106(128-137-127-105)104-108(107)130(82-84(66-58-52-46-38-32-26-20-14-6)68-60-54-48-44-40-34-28-22-16-10-2)110-116(104)136-114-86(70-62-56-50-42-36-30-24-18-12-4)100(134-118(110)114)74-64-72-88-102(98(80-124)126-8)90-76-94(120)96(122)78-92(90)112(88)132/h63-64,71-78,83-84H,9-62,65-70,81-82H2,1-6H3/b73-63+,74-64+,87-71-,88-72-,101-97-,102-98+. The number of aromatic nitrogens is 4. The van der Waals surface area contributed by atoms with Crippen LogP contribution < -0.4 is 0 Å². The zero-order valence-electron chi connectivity index (χ0n) is 83.7. The number of hydrogen-bond donors (Lipinski definition) is 0. The minimum atomic E-state index is -0.287. The van der Waals surface area contributed by atoms with Crippen LogP contribution in [0.5, 0.6) is 0 Å². The van der Waals surface area contributed by atoms with E-state index >= 15 is 0 Å². The SMILES string of the molecule is [C-]#[N+]\C(C#N)=C1/C(=C/C=C/c2sc3c(sc4c5c6nsnc6c6c7sc8c(CCCCCCCCCCC)c(/C=C/C=C9\C(=O)c%10cc(Cl)c(Cl)cc%10\C9=C(\C#N)[N+]#[C-])sc8c7n(CC(CCCCCCCCCC)CCCCCCCCCCCC)c6c5n(CC(CCCCCCCCCC)CCCCCCCCCCCC)c34)c2CCCCCCCCCCC)C(=O)c2cc(Cl)c(Cl)cc21. The maximum Gasteiger partial charge on any atom is 0.270 e. The number of carbonyl (C=O) groups is 2. The summed E-state index contributed by atoms with van der Waals surface area (Å²) in [5, 5.41) is 24.6. The Morgan fingerprint density at radius 3 is 0.891 bits per heavy atom. The van der Waals surface area contributed by atoms with Gasteiger partial charge in [0.1, 0.15) is 11.0 Å². The number of ketones is 2. The van der Waals surface area contributed by atoms with Crippen molar-refractivity contribution in [2.24, 2.45) is 11.8 Å². The molecule has 2 aliphatic rings. The van der Waals surface area contributed by atoms with E-state index in [2.05, 4.69) is 84.7 Å². The summed E-state index contributed by atoms with van der Waals surface area (Å²) in [7, 11) is 0. The number of nitriles is 2. The van der Waals surface area contributed by atoms with Crippen molar-refractivity contribution in [3.05, 3.63) is 157 Å². The van der Waals surface area contributed by atoms with Gasteiger partial charge in [-0.15, -0.1) is 45.3 Å². The Hall–Kier alpha value is -6.70. The number of aryl methyl sites for hydroxylation is 2. The van der Waals surface area contributed by atoms with Crippen LogP contribution in [0.25, 0.3) is 105 Å². The molecule has 0 radical (unpaired) electrons. The van der Waals surface area contributed by atoms with Crippen LogP contribution >= 0.6 is 103 Å². The average molecular weight is 2020 g/mol. The Labute approximate surface area is 862 Å². The van der Waals surface area contributed by atoms with E-state index in [0.717, 1.165) is 62.6 Å². The van der Waals surface area contributed by atoms with Gasteiger partial charge in [0.15, 0.2) is 11.6 Å². The molecule has 0 fully saturated rings. The van der Waals surface area contributed by atoms with Gasteiger partial charge in [-0.05, 0) is 122 Å². The molecule has 7 aromatic heterocycles. The van der Waals surface area contributed by atoms with Crippen molar-refractivity contribution in [3.8, 4) is 12.1 Å². The fourth-order valence-corrected chi connectivity index (χ4v) is 28.8. The lowest BCUT2D eigenvalue weighted by atomic mass is 9.93. The fraction of sp³-hybridized carbons (Fsp3) is 0.593. The number of hydrogen-bond acceptors (Lipinski definition) is 11. The van der Waals surface area contributed by atoms with Crippen LogP contribution in [0.4, 0.5) is 0 Å². The van der Waals surface area contributed by atoms with Gasteiger partial charge in [0.2, 0.25) is 0 Å². The van der Waals surface area contributed by atoms with Crippen molar-refractivity contribution in [1.29, 1.82) is 10.5 Å². The molecule has 12 rings (SSSR count). The first-order valence-electron chi connectivity index (χ1n) is 54.2. The van der Waals surface area contributed by atoms with Crippen LogP contribution in [0.1, 0.15) is 467 Å². The minimum absolute atomic E-state index is 0.160. The number of benzene rings is 3. The third-order valence-corrected chi connectivity index (χ3v) is 36.5. The Bertz CT molecular complexity index is 5620. The molecule has 736 valence electrons. The number of fused-ring (bicyclic) bond motifs is 16. The lowest BCUT2D eigenvalue weighted by Gasteiger charge is -2.22. The van der Waals surface area contributed by atoms with Gasteiger partial charge >= 0.3 is 0 Å². The molecular formula is C118H154Cl4N8O2S5. The molecule has 0 saturated heterocycles. The molecule has 137 heavy (non-hydrogen) atoms. The Morgan fingerprint density at radius 2 is 0.620 bits per heavy atom. The maximum absolute atomic E-state index is 14.8. The minimum Gasteiger partial charge on any atom is -0.337 e. The number of rotatable bonds is 68. The van der Waals surface area contributed by atoms with Gasteiger partial charge in [-0.25, -0.2) is 20.2 Å². The predicted octanol–water partition coefficient (Wildman–Crippen LogP) is 42.1. The van der Waals surface area contributed by atoms with Crippen molar-refractivity contribution < 1.29 is 9.59 Å². The van der Waals surface area contributed by atoms with Crippen molar-refractivity contribution in [2.75, 3.05) is 0 Å². The third kappa shape index (κ3) is 28.9. The molecule has 0 aliphatic heterocycles. The second kappa shape index (κ2) is 58.8. The molecule has 0 saturated carbocycles. The van der Waals surface area contributed by atoms with Gasteiger partial charge in [0.25, 0.3) is 11.4 Å². The van der Waals surface area contributed by atoms with Gasteiger partial charge in [-0.1, -0.05) is 446 Å². The van der Waals surface area contributed by atoms with E-state index in [0.29, 0.717) is 45.2 Å². The van der Waals surface area contributed by atoms with Gasteiger partial charge in [-0.3, -0.25) is 9.59 Å². The number of Topliss-reactive ketones (excluding diaryl/α,β-unsaturated/α-hetero) is 2. The molecule has 7 heterocycles. The van der Waals surface area contributed by atoms with E-state index in [4.69, 9.17) is 68.3 Å². The van der Waals surface area contributed by atoms with E-state index in [-0.39, 0.29) is 54.2 Å². The summed E-state index contributed by atoms with van der Waals surface area (Å²) in [6.07, 6.45) is 87.0. The zero-order chi connectivity index (χ0) is 96.6. The molecule has 2 aliphatic carbocycles. The second-order valence-corrected chi connectivity index (χ2v) is 46.1. The molecule has 10 nitrogen and oxygen atoms in total. The van der Waals surface area contributed by atoms with E-state index in [9.17, 15) is 20.1 Å². The van der Waals surface area contributed by atoms with Crippen LogP contribution in [-0.4, -0.2) is 29.4 Å². The normalized spacial score (nSPS) is 14.8. The summed E-state index contributed by atoms with van der Waals surface area (Å²) in [4.78, 5) is 39.3. The summed E-state index contributed by atoms with van der Waals surface area (Å²) >= 11 is 35.8. The highest BCUT2D eigenvalue weighted by Crippen LogP contribution is 2.57. The number of carbonyl (C=O) groups excluding carboxylic acids is 2. The lowest BCUT2D eigenvalue weighted by molar-refractivity contribution is 0.103. The molecular weight excluding hydrogens is 1860 g/mol. The van der Waals surface area contributed by atoms with E-state index in [1.165, 1.54) is 440 Å². The topological polar surface area (TPSA) is 126 Å². The van der Waals surface area contributed by atoms with Gasteiger partial charge in [-0.2, -0.15) is 8.75 Å². The van der Waals surface area contributed by atoms with Crippen LogP contribution in [0, 0.1) is 47.6 Å². The predicted molar refractivity (Wildman–Crippen MR) is 600 cm³/mol. The molecule has 0 bridgehead atoms. The number of allylic oxidation sites excluding steroid dienone is 10. The Morgan fingerprint density at radius 1 is 0.358 bits per heavy atom. The van der Waals surface area contributed by atoms with Crippen molar-refractivity contribution in [2.45, 2.75) is 440 Å². The molecule has 0 N–H and O–H groups in total. The lowest BCUT2D eigenvalue weighted by Crippen LogP contribution is -2.14. The van der Waals surface area contributed by atoms with Gasteiger partial charge in [0.05, 0.1) is 107 Å². The summed E-state index contributed by atoms with van der Waals surface area (Å²) < 4.78 is 25.0. The van der Waals surface area contributed by atoms with Gasteiger partial charge < -0.3 is 9.13 Å². The Balaban J connectivity index is 1.11.